The highest BCUT2D eigenvalue weighted by molar-refractivity contribution is 7.92. The predicted octanol–water partition coefficient (Wildman–Crippen LogP) is 2.28. The van der Waals surface area contributed by atoms with E-state index in [1.54, 1.807) is 0 Å². The number of nitrogens with zero attached hydrogens (tertiary/aromatic N) is 2. The minimum atomic E-state index is -4.04. The van der Waals surface area contributed by atoms with E-state index >= 15 is 0 Å². The number of sulfonamides is 1. The average Bonchev–Trinajstić information content (AvgIpc) is 2.81. The van der Waals surface area contributed by atoms with Gasteiger partial charge in [0.05, 0.1) is 20.8 Å². The van der Waals surface area contributed by atoms with Gasteiger partial charge in [-0.1, -0.05) is 18.2 Å². The second-order valence-electron chi connectivity index (χ2n) is 6.32. The molecular formula is C17H17FN2O6S2. The molecule has 0 N–H and O–H groups in total. The Morgan fingerprint density at radius 3 is 2.32 bits per heavy atom. The van der Waals surface area contributed by atoms with E-state index in [2.05, 4.69) is 0 Å². The number of non-ortho nitro benzene ring substituents is 1. The third kappa shape index (κ3) is 3.91. The normalized spacial score (nSPS) is 20.4. The minimum Gasteiger partial charge on any atom is -0.258 e. The fourth-order valence-corrected chi connectivity index (χ4v) is 6.51. The van der Waals surface area contributed by atoms with Gasteiger partial charge in [-0.15, -0.1) is 0 Å². The van der Waals surface area contributed by atoms with Gasteiger partial charge in [0.1, 0.15) is 5.82 Å². The largest absolute Gasteiger partial charge is 0.269 e. The third-order valence-corrected chi connectivity index (χ3v) is 8.66. The first kappa shape index (κ1) is 20.4. The first-order valence-electron chi connectivity index (χ1n) is 8.33. The van der Waals surface area contributed by atoms with Crippen molar-refractivity contribution in [1.29, 1.82) is 0 Å². The second-order valence-corrected chi connectivity index (χ2v) is 10.6. The van der Waals surface area contributed by atoms with Crippen LogP contribution in [0.15, 0.2) is 53.4 Å². The second kappa shape index (κ2) is 7.57. The molecule has 0 bridgehead atoms. The van der Waals surface area contributed by atoms with E-state index in [-0.39, 0.29) is 35.7 Å². The Balaban J connectivity index is 1.89. The van der Waals surface area contributed by atoms with E-state index in [9.17, 15) is 31.3 Å². The topological polar surface area (TPSA) is 115 Å². The number of nitro benzene ring substituents is 1. The summed E-state index contributed by atoms with van der Waals surface area (Å²) >= 11 is 0. The van der Waals surface area contributed by atoms with Gasteiger partial charge >= 0.3 is 0 Å². The summed E-state index contributed by atoms with van der Waals surface area (Å²) in [4.78, 5) is 9.92. The van der Waals surface area contributed by atoms with Gasteiger partial charge in [0.25, 0.3) is 5.69 Å². The van der Waals surface area contributed by atoms with Gasteiger partial charge in [-0.2, -0.15) is 4.31 Å². The lowest BCUT2D eigenvalue weighted by molar-refractivity contribution is -0.384. The highest BCUT2D eigenvalue weighted by atomic mass is 32.2. The predicted molar refractivity (Wildman–Crippen MR) is 99.4 cm³/mol. The lowest BCUT2D eigenvalue weighted by atomic mass is 10.1. The SMILES string of the molecule is O=[N+]([O-])c1ccc(S(=O)(=O)N2CCC(c3ccccc3F)S(=O)(=O)CC2)cc1. The zero-order valence-electron chi connectivity index (χ0n) is 14.6. The standard InChI is InChI=1S/C17H17FN2O6S2/c18-16-4-2-1-3-15(16)17-9-10-19(11-12-27(17,23)24)28(25,26)14-7-5-13(6-8-14)20(21)22/h1-8,17H,9-12H2. The number of hydrogen-bond acceptors (Lipinski definition) is 6. The van der Waals surface area contributed by atoms with Crippen LogP contribution in [0.3, 0.4) is 0 Å². The van der Waals surface area contributed by atoms with Crippen molar-refractivity contribution in [2.75, 3.05) is 18.8 Å². The summed E-state index contributed by atoms with van der Waals surface area (Å²) in [6.07, 6.45) is -0.0878. The third-order valence-electron chi connectivity index (χ3n) is 4.64. The molecule has 2 aromatic carbocycles. The molecule has 150 valence electrons. The van der Waals surface area contributed by atoms with E-state index in [1.807, 2.05) is 0 Å². The quantitative estimate of drug-likeness (QED) is 0.545. The molecule has 1 aliphatic heterocycles. The Kier molecular flexibility index (Phi) is 5.50. The van der Waals surface area contributed by atoms with Gasteiger partial charge in [0.2, 0.25) is 10.0 Å². The van der Waals surface area contributed by atoms with Gasteiger partial charge in [-0.3, -0.25) is 10.1 Å². The maximum Gasteiger partial charge on any atom is 0.269 e. The number of rotatable bonds is 4. The average molecular weight is 428 g/mol. The summed E-state index contributed by atoms with van der Waals surface area (Å²) in [5.74, 6) is -1.10. The molecule has 28 heavy (non-hydrogen) atoms. The molecule has 11 heteroatoms. The van der Waals surface area contributed by atoms with Gasteiger partial charge in [-0.25, -0.2) is 21.2 Å². The number of nitro groups is 1. The maximum absolute atomic E-state index is 14.1. The van der Waals surface area contributed by atoms with Crippen molar-refractivity contribution in [3.63, 3.8) is 0 Å². The molecule has 0 saturated carbocycles. The van der Waals surface area contributed by atoms with E-state index in [4.69, 9.17) is 0 Å². The van der Waals surface area contributed by atoms with E-state index in [1.165, 1.54) is 24.3 Å². The molecule has 1 atom stereocenters. The molecule has 1 saturated heterocycles. The van der Waals surface area contributed by atoms with Crippen LogP contribution in [0.2, 0.25) is 0 Å². The van der Waals surface area contributed by atoms with Crippen molar-refractivity contribution < 1.29 is 26.1 Å². The van der Waals surface area contributed by atoms with Gasteiger partial charge in [0.15, 0.2) is 9.84 Å². The Morgan fingerprint density at radius 2 is 1.71 bits per heavy atom. The minimum absolute atomic E-state index is 0.0251. The molecule has 0 aromatic heterocycles. The molecule has 0 aliphatic carbocycles. The lowest BCUT2D eigenvalue weighted by Gasteiger charge is -2.19. The smallest absolute Gasteiger partial charge is 0.258 e. The number of halogens is 1. The van der Waals surface area contributed by atoms with Gasteiger partial charge in [-0.05, 0) is 24.6 Å². The highest BCUT2D eigenvalue weighted by Gasteiger charge is 2.36. The van der Waals surface area contributed by atoms with Gasteiger partial charge in [0, 0.05) is 30.8 Å². The van der Waals surface area contributed by atoms with Crippen LogP contribution in [-0.2, 0) is 19.9 Å². The van der Waals surface area contributed by atoms with Crippen LogP contribution in [0.1, 0.15) is 17.2 Å². The molecule has 1 fully saturated rings. The molecule has 1 heterocycles. The lowest BCUT2D eigenvalue weighted by Crippen LogP contribution is -2.33. The first-order valence-corrected chi connectivity index (χ1v) is 11.5. The van der Waals surface area contributed by atoms with Crippen LogP contribution in [0.4, 0.5) is 10.1 Å². The maximum atomic E-state index is 14.1. The van der Waals surface area contributed by atoms with Crippen LogP contribution in [0.25, 0.3) is 0 Å². The molecule has 1 aliphatic rings. The Hall–Kier alpha value is -2.37. The van der Waals surface area contributed by atoms with Crippen LogP contribution < -0.4 is 0 Å². The van der Waals surface area contributed by atoms with Crippen molar-refractivity contribution in [1.82, 2.24) is 4.31 Å². The van der Waals surface area contributed by atoms with Crippen molar-refractivity contribution in [3.05, 3.63) is 70.0 Å². The fourth-order valence-electron chi connectivity index (χ4n) is 3.14. The monoisotopic (exact) mass is 428 g/mol. The van der Waals surface area contributed by atoms with E-state index in [0.717, 1.165) is 28.6 Å². The summed E-state index contributed by atoms with van der Waals surface area (Å²) in [6.45, 7) is -0.385. The number of sulfone groups is 1. The van der Waals surface area contributed by atoms with Crippen LogP contribution >= 0.6 is 0 Å². The van der Waals surface area contributed by atoms with Crippen molar-refractivity contribution in [2.45, 2.75) is 16.6 Å². The van der Waals surface area contributed by atoms with Crippen LogP contribution in [-0.4, -0.2) is 44.9 Å². The zero-order valence-corrected chi connectivity index (χ0v) is 16.2. The van der Waals surface area contributed by atoms with E-state index < -0.39 is 41.6 Å². The molecule has 0 spiro atoms. The Bertz CT molecular complexity index is 1100. The summed E-state index contributed by atoms with van der Waals surface area (Å²) in [5.41, 5.74) is -0.228. The van der Waals surface area contributed by atoms with Crippen LogP contribution in [0.5, 0.6) is 0 Å². The fraction of sp³-hybridized carbons (Fsp3) is 0.294. The molecule has 2 aromatic rings. The Morgan fingerprint density at radius 1 is 1.07 bits per heavy atom. The molecule has 8 nitrogen and oxygen atoms in total. The molecular weight excluding hydrogens is 411 g/mol. The first-order chi connectivity index (χ1) is 13.1. The summed E-state index contributed by atoms with van der Waals surface area (Å²) in [6, 6.07) is 9.91. The highest BCUT2D eigenvalue weighted by Crippen LogP contribution is 2.32. The van der Waals surface area contributed by atoms with Crippen molar-refractivity contribution >= 4 is 25.5 Å². The van der Waals surface area contributed by atoms with Crippen LogP contribution in [0, 0.1) is 15.9 Å². The van der Waals surface area contributed by atoms with Gasteiger partial charge < -0.3 is 0 Å². The molecule has 1 unspecified atom stereocenters. The van der Waals surface area contributed by atoms with Crippen molar-refractivity contribution in [2.24, 2.45) is 0 Å². The summed E-state index contributed by atoms with van der Waals surface area (Å²) < 4.78 is 66.0. The number of hydrogen-bond donors (Lipinski definition) is 0. The zero-order chi connectivity index (χ0) is 20.5. The Labute approximate surface area is 161 Å². The van der Waals surface area contributed by atoms with E-state index in [0.29, 0.717) is 0 Å². The number of benzene rings is 2. The summed E-state index contributed by atoms with van der Waals surface area (Å²) in [5, 5.41) is 9.59. The summed E-state index contributed by atoms with van der Waals surface area (Å²) in [7, 11) is -7.81. The van der Waals surface area contributed by atoms with Crippen molar-refractivity contribution in [3.8, 4) is 0 Å². The molecule has 3 rings (SSSR count). The molecule has 0 radical (unpaired) electrons. The molecule has 0 amide bonds.